The predicted octanol–water partition coefficient (Wildman–Crippen LogP) is 1.73. The zero-order chi connectivity index (χ0) is 12.9. The Morgan fingerprint density at radius 2 is 2.00 bits per heavy atom. The van der Waals surface area contributed by atoms with E-state index in [1.165, 1.54) is 0 Å². The topological polar surface area (TPSA) is 55.0 Å². The molecule has 18 heavy (non-hydrogen) atoms. The molecule has 0 aromatic carbocycles. The van der Waals surface area contributed by atoms with Gasteiger partial charge in [-0.2, -0.15) is 13.2 Å². The maximum absolute atomic E-state index is 12.5. The van der Waals surface area contributed by atoms with Gasteiger partial charge in [0.25, 0.3) is 0 Å². The van der Waals surface area contributed by atoms with Crippen molar-refractivity contribution in [3.8, 4) is 0 Å². The van der Waals surface area contributed by atoms with Gasteiger partial charge in [-0.3, -0.25) is 0 Å². The summed E-state index contributed by atoms with van der Waals surface area (Å²) in [4.78, 5) is 1.89. The molecule has 3 atom stereocenters. The summed E-state index contributed by atoms with van der Waals surface area (Å²) >= 11 is 0.615. The maximum Gasteiger partial charge on any atom is 0.445 e. The first-order chi connectivity index (χ1) is 8.45. The van der Waals surface area contributed by atoms with Crippen molar-refractivity contribution in [3.05, 3.63) is 5.01 Å². The van der Waals surface area contributed by atoms with E-state index in [-0.39, 0.29) is 6.04 Å². The summed E-state index contributed by atoms with van der Waals surface area (Å²) < 4.78 is 37.4. The molecule has 0 amide bonds. The second-order valence-electron chi connectivity index (χ2n) is 4.96. The molecule has 3 unspecified atom stereocenters. The summed E-state index contributed by atoms with van der Waals surface area (Å²) in [5.74, 6) is 0.890. The minimum atomic E-state index is -4.40. The third-order valence-corrected chi connectivity index (χ3v) is 4.87. The zero-order valence-corrected chi connectivity index (χ0v) is 10.3. The lowest BCUT2D eigenvalue weighted by atomic mass is 9.98. The van der Waals surface area contributed by atoms with Crippen LogP contribution in [0.4, 0.5) is 18.3 Å². The Kier molecular flexibility index (Phi) is 2.74. The molecule has 2 heterocycles. The molecule has 0 bridgehead atoms. The molecule has 0 radical (unpaired) electrons. The minimum absolute atomic E-state index is 0.176. The highest BCUT2D eigenvalue weighted by molar-refractivity contribution is 7.15. The van der Waals surface area contributed by atoms with Crippen LogP contribution in [-0.4, -0.2) is 29.3 Å². The molecular weight excluding hydrogens is 265 g/mol. The smallest absolute Gasteiger partial charge is 0.346 e. The Labute approximate surface area is 106 Å². The first-order valence-corrected chi connectivity index (χ1v) is 6.68. The van der Waals surface area contributed by atoms with Gasteiger partial charge < -0.3 is 10.6 Å². The van der Waals surface area contributed by atoms with Crippen LogP contribution < -0.4 is 10.6 Å². The predicted molar refractivity (Wildman–Crippen MR) is 61.3 cm³/mol. The fraction of sp³-hybridized carbons (Fsp3) is 0.800. The second kappa shape index (κ2) is 4.06. The van der Waals surface area contributed by atoms with Gasteiger partial charge in [0.15, 0.2) is 0 Å². The lowest BCUT2D eigenvalue weighted by Gasteiger charge is -2.16. The van der Waals surface area contributed by atoms with E-state index >= 15 is 0 Å². The number of halogens is 3. The van der Waals surface area contributed by atoms with Crippen molar-refractivity contribution in [2.75, 3.05) is 18.0 Å². The SMILES string of the molecule is NC1CCC2CN(c3nnc(C(F)(F)F)s3)CC12. The molecule has 1 saturated heterocycles. The van der Waals surface area contributed by atoms with E-state index in [1.54, 1.807) is 0 Å². The van der Waals surface area contributed by atoms with E-state index in [1.807, 2.05) is 4.90 Å². The van der Waals surface area contributed by atoms with E-state index < -0.39 is 11.2 Å². The third-order valence-electron chi connectivity index (χ3n) is 3.84. The highest BCUT2D eigenvalue weighted by atomic mass is 32.1. The number of rotatable bonds is 1. The van der Waals surface area contributed by atoms with Crippen molar-refractivity contribution < 1.29 is 13.2 Å². The van der Waals surface area contributed by atoms with Gasteiger partial charge >= 0.3 is 6.18 Å². The molecule has 0 spiro atoms. The van der Waals surface area contributed by atoms with E-state index in [0.717, 1.165) is 19.4 Å². The summed E-state index contributed by atoms with van der Waals surface area (Å²) in [6.45, 7) is 1.46. The fourth-order valence-electron chi connectivity index (χ4n) is 2.92. The van der Waals surface area contributed by atoms with Gasteiger partial charge in [0, 0.05) is 19.1 Å². The van der Waals surface area contributed by atoms with Crippen molar-refractivity contribution in [3.63, 3.8) is 0 Å². The van der Waals surface area contributed by atoms with E-state index in [4.69, 9.17) is 5.73 Å². The van der Waals surface area contributed by atoms with Crippen molar-refractivity contribution in [2.45, 2.75) is 25.1 Å². The molecule has 1 saturated carbocycles. The third kappa shape index (κ3) is 1.97. The number of fused-ring (bicyclic) bond motifs is 1. The van der Waals surface area contributed by atoms with Crippen LogP contribution in [-0.2, 0) is 6.18 Å². The van der Waals surface area contributed by atoms with Gasteiger partial charge in [0.2, 0.25) is 10.1 Å². The van der Waals surface area contributed by atoms with Crippen molar-refractivity contribution >= 4 is 16.5 Å². The van der Waals surface area contributed by atoms with Crippen LogP contribution in [0.5, 0.6) is 0 Å². The summed E-state index contributed by atoms with van der Waals surface area (Å²) in [6.07, 6.45) is -2.32. The first kappa shape index (κ1) is 12.2. The van der Waals surface area contributed by atoms with Gasteiger partial charge in [-0.15, -0.1) is 10.2 Å². The van der Waals surface area contributed by atoms with Crippen LogP contribution in [0, 0.1) is 11.8 Å². The molecule has 4 nitrogen and oxygen atoms in total. The number of aromatic nitrogens is 2. The van der Waals surface area contributed by atoms with Gasteiger partial charge in [-0.25, -0.2) is 0 Å². The molecular formula is C10H13F3N4S. The largest absolute Gasteiger partial charge is 0.445 e. The number of alkyl halides is 3. The van der Waals surface area contributed by atoms with Crippen LogP contribution in [0.25, 0.3) is 0 Å². The fourth-order valence-corrected chi connectivity index (χ4v) is 3.65. The Balaban J connectivity index is 1.75. The van der Waals surface area contributed by atoms with E-state index in [9.17, 15) is 13.2 Å². The van der Waals surface area contributed by atoms with Gasteiger partial charge in [-0.05, 0) is 24.7 Å². The lowest BCUT2D eigenvalue weighted by Crippen LogP contribution is -2.30. The Hall–Kier alpha value is -0.890. The Morgan fingerprint density at radius 3 is 2.61 bits per heavy atom. The van der Waals surface area contributed by atoms with E-state index in [0.29, 0.717) is 34.8 Å². The highest BCUT2D eigenvalue weighted by Crippen LogP contribution is 2.41. The molecule has 2 N–H and O–H groups in total. The van der Waals surface area contributed by atoms with Crippen molar-refractivity contribution in [2.24, 2.45) is 17.6 Å². The molecule has 8 heteroatoms. The normalized spacial score (nSPS) is 32.0. The minimum Gasteiger partial charge on any atom is -0.346 e. The van der Waals surface area contributed by atoms with Crippen LogP contribution >= 0.6 is 11.3 Å². The Morgan fingerprint density at radius 1 is 1.22 bits per heavy atom. The van der Waals surface area contributed by atoms with Gasteiger partial charge in [-0.1, -0.05) is 11.3 Å². The average molecular weight is 278 g/mol. The molecule has 2 fully saturated rings. The number of hydrogen-bond acceptors (Lipinski definition) is 5. The second-order valence-corrected chi connectivity index (χ2v) is 5.91. The van der Waals surface area contributed by atoms with E-state index in [2.05, 4.69) is 10.2 Å². The lowest BCUT2D eigenvalue weighted by molar-refractivity contribution is -0.138. The summed E-state index contributed by atoms with van der Waals surface area (Å²) in [5, 5.41) is 6.35. The summed E-state index contributed by atoms with van der Waals surface area (Å²) in [5.41, 5.74) is 6.00. The molecule has 1 aliphatic carbocycles. The molecule has 1 aromatic rings. The van der Waals surface area contributed by atoms with Gasteiger partial charge in [0.05, 0.1) is 0 Å². The van der Waals surface area contributed by atoms with Gasteiger partial charge in [0.1, 0.15) is 0 Å². The van der Waals surface area contributed by atoms with Crippen molar-refractivity contribution in [1.82, 2.24) is 10.2 Å². The van der Waals surface area contributed by atoms with Crippen LogP contribution in [0.2, 0.25) is 0 Å². The molecule has 1 aromatic heterocycles. The monoisotopic (exact) mass is 278 g/mol. The molecule has 2 aliphatic rings. The van der Waals surface area contributed by atoms with Crippen LogP contribution in [0.15, 0.2) is 0 Å². The quantitative estimate of drug-likeness (QED) is 0.850. The molecule has 3 rings (SSSR count). The standard InChI is InChI=1S/C10H13F3N4S/c11-10(12,13)8-15-16-9(18-8)17-3-5-1-2-7(14)6(5)4-17/h5-7H,1-4,14H2. The number of hydrogen-bond donors (Lipinski definition) is 1. The summed E-state index contributed by atoms with van der Waals surface area (Å²) in [7, 11) is 0. The average Bonchev–Trinajstić information content (AvgIpc) is 2.93. The first-order valence-electron chi connectivity index (χ1n) is 5.86. The summed E-state index contributed by atoms with van der Waals surface area (Å²) in [6, 6.07) is 0.176. The Bertz CT molecular complexity index is 447. The number of nitrogens with zero attached hydrogens (tertiary/aromatic N) is 3. The highest BCUT2D eigenvalue weighted by Gasteiger charge is 2.43. The number of anilines is 1. The number of nitrogens with two attached hydrogens (primary N) is 1. The molecule has 1 aliphatic heterocycles. The maximum atomic E-state index is 12.5. The zero-order valence-electron chi connectivity index (χ0n) is 9.52. The van der Waals surface area contributed by atoms with Crippen molar-refractivity contribution in [1.29, 1.82) is 0 Å². The molecule has 100 valence electrons. The van der Waals surface area contributed by atoms with Crippen LogP contribution in [0.1, 0.15) is 17.8 Å². The van der Waals surface area contributed by atoms with Crippen LogP contribution in [0.3, 0.4) is 0 Å².